The molecule has 0 saturated carbocycles. The zero-order valence-electron chi connectivity index (χ0n) is 35.0. The third-order valence-electron chi connectivity index (χ3n) is 14.3. The van der Waals surface area contributed by atoms with E-state index in [1.807, 2.05) is 0 Å². The van der Waals surface area contributed by atoms with Crippen LogP contribution in [0.25, 0.3) is 88.4 Å². The van der Waals surface area contributed by atoms with Gasteiger partial charge < -0.3 is 9.13 Å². The first-order valence-electron chi connectivity index (χ1n) is 22.4. The number of nitrogens with zero attached hydrogens (tertiary/aromatic N) is 2. The fourth-order valence-corrected chi connectivity index (χ4v) is 11.7. The number of fused-ring (bicyclic) bond motifs is 7. The fourth-order valence-electron chi connectivity index (χ4n) is 11.7. The Hall–Kier alpha value is -8.20. The van der Waals surface area contributed by atoms with Gasteiger partial charge >= 0.3 is 0 Å². The van der Waals surface area contributed by atoms with Crippen LogP contribution in [0.15, 0.2) is 231 Å². The predicted molar refractivity (Wildman–Crippen MR) is 266 cm³/mol. The van der Waals surface area contributed by atoms with Crippen molar-refractivity contribution < 1.29 is 0 Å². The molecule has 0 N–H and O–H groups in total. The Morgan fingerprint density at radius 2 is 0.703 bits per heavy atom. The molecule has 0 fully saturated rings. The van der Waals surface area contributed by atoms with Gasteiger partial charge in [-0.2, -0.15) is 0 Å². The van der Waals surface area contributed by atoms with Crippen LogP contribution in [0.5, 0.6) is 0 Å². The molecule has 2 aromatic heterocycles. The molecule has 2 nitrogen and oxygen atoms in total. The molecule has 0 aliphatic heterocycles. The number of rotatable bonds is 5. The second-order valence-corrected chi connectivity index (χ2v) is 17.5. The topological polar surface area (TPSA) is 9.86 Å². The van der Waals surface area contributed by atoms with Crippen molar-refractivity contribution >= 4 is 43.6 Å². The molecule has 0 atom stereocenters. The molecule has 15 rings (SSSR count). The summed E-state index contributed by atoms with van der Waals surface area (Å²) in [6.07, 6.45) is 0. The van der Waals surface area contributed by atoms with Crippen molar-refractivity contribution in [2.24, 2.45) is 0 Å². The second kappa shape index (κ2) is 13.6. The van der Waals surface area contributed by atoms with Crippen molar-refractivity contribution in [2.75, 3.05) is 0 Å². The first kappa shape index (κ1) is 35.4. The molecule has 0 amide bonds. The second-order valence-electron chi connectivity index (χ2n) is 17.5. The van der Waals surface area contributed by atoms with E-state index in [9.17, 15) is 0 Å². The maximum absolute atomic E-state index is 2.63. The number of hydrogen-bond acceptors (Lipinski definition) is 0. The molecule has 0 radical (unpaired) electrons. The summed E-state index contributed by atoms with van der Waals surface area (Å²) < 4.78 is 5.13. The molecule has 0 saturated heterocycles. The lowest BCUT2D eigenvalue weighted by Gasteiger charge is -2.44. The van der Waals surface area contributed by atoms with Crippen molar-refractivity contribution in [1.29, 1.82) is 0 Å². The first-order chi connectivity index (χ1) is 31.8. The average molecular weight is 813 g/mol. The minimum absolute atomic E-state index is 0.0450. The van der Waals surface area contributed by atoms with Crippen molar-refractivity contribution in [3.8, 4) is 44.8 Å². The van der Waals surface area contributed by atoms with Crippen LogP contribution in [0.2, 0.25) is 0 Å². The van der Waals surface area contributed by atoms with Gasteiger partial charge in [0.05, 0.1) is 27.8 Å². The molecule has 3 aliphatic carbocycles. The van der Waals surface area contributed by atoms with Crippen LogP contribution in [-0.4, -0.2) is 9.13 Å². The van der Waals surface area contributed by atoms with Crippen molar-refractivity contribution in [3.63, 3.8) is 0 Å². The van der Waals surface area contributed by atoms with Crippen LogP contribution in [0.4, 0.5) is 0 Å². The van der Waals surface area contributed by atoms with Gasteiger partial charge in [0.25, 0.3) is 0 Å². The predicted octanol–water partition coefficient (Wildman–Crippen LogP) is 15.9. The van der Waals surface area contributed by atoms with E-state index in [-0.39, 0.29) is 11.8 Å². The minimum Gasteiger partial charge on any atom is -0.307 e. The van der Waals surface area contributed by atoms with Crippen molar-refractivity contribution in [2.45, 2.75) is 11.8 Å². The molecule has 3 aliphatic rings. The largest absolute Gasteiger partial charge is 0.307 e. The lowest BCUT2D eigenvalue weighted by molar-refractivity contribution is 0.750. The van der Waals surface area contributed by atoms with Crippen LogP contribution in [0.1, 0.15) is 45.2 Å². The lowest BCUT2D eigenvalue weighted by Crippen LogP contribution is -2.29. The lowest BCUT2D eigenvalue weighted by atomic mass is 9.59. The monoisotopic (exact) mass is 812 g/mol. The van der Waals surface area contributed by atoms with Crippen molar-refractivity contribution in [3.05, 3.63) is 264 Å². The molecule has 12 aromatic rings. The Labute approximate surface area is 371 Å². The van der Waals surface area contributed by atoms with Gasteiger partial charge in [-0.25, -0.2) is 0 Å². The van der Waals surface area contributed by atoms with Gasteiger partial charge in [0.2, 0.25) is 0 Å². The molecule has 2 heterocycles. The van der Waals surface area contributed by atoms with Gasteiger partial charge in [-0.1, -0.05) is 182 Å². The summed E-state index contributed by atoms with van der Waals surface area (Å²) in [6.45, 7) is 0. The van der Waals surface area contributed by atoms with Gasteiger partial charge in [-0.3, -0.25) is 0 Å². The molecule has 2 heteroatoms. The molecule has 2 bridgehead atoms. The molecule has 0 spiro atoms. The van der Waals surface area contributed by atoms with Crippen molar-refractivity contribution in [1.82, 2.24) is 9.13 Å². The van der Waals surface area contributed by atoms with Gasteiger partial charge in [-0.05, 0) is 115 Å². The summed E-state index contributed by atoms with van der Waals surface area (Å²) in [5.41, 5.74) is 23.1. The molecular weight excluding hydrogens is 773 g/mol. The zero-order valence-corrected chi connectivity index (χ0v) is 35.0. The third-order valence-corrected chi connectivity index (χ3v) is 14.3. The van der Waals surface area contributed by atoms with E-state index in [0.29, 0.717) is 0 Å². The smallest absolute Gasteiger partial charge is 0.0789 e. The average Bonchev–Trinajstić information content (AvgIpc) is 3.89. The molecule has 298 valence electrons. The number of hydrogen-bond donors (Lipinski definition) is 0. The van der Waals surface area contributed by atoms with E-state index < -0.39 is 0 Å². The Kier molecular flexibility index (Phi) is 7.55. The van der Waals surface area contributed by atoms with Crippen LogP contribution in [0.3, 0.4) is 0 Å². The van der Waals surface area contributed by atoms with Gasteiger partial charge in [0.1, 0.15) is 0 Å². The van der Waals surface area contributed by atoms with Crippen LogP contribution in [-0.2, 0) is 0 Å². The Morgan fingerprint density at radius 1 is 0.281 bits per heavy atom. The maximum atomic E-state index is 2.63. The maximum Gasteiger partial charge on any atom is 0.0789 e. The van der Waals surface area contributed by atoms with Gasteiger partial charge in [0, 0.05) is 39.1 Å². The van der Waals surface area contributed by atoms with Gasteiger partial charge in [0.15, 0.2) is 0 Å². The Morgan fingerprint density at radius 3 is 1.25 bits per heavy atom. The summed E-state index contributed by atoms with van der Waals surface area (Å²) >= 11 is 0. The Balaban J connectivity index is 1.15. The highest BCUT2D eigenvalue weighted by atomic mass is 15.0. The molecule has 64 heavy (non-hydrogen) atoms. The van der Waals surface area contributed by atoms with E-state index in [2.05, 4.69) is 240 Å². The normalized spacial score (nSPS) is 14.9. The number of aromatic nitrogens is 2. The summed E-state index contributed by atoms with van der Waals surface area (Å²) in [5.74, 6) is 0.107. The third kappa shape index (κ3) is 4.97. The fraction of sp³-hybridized carbons (Fsp3) is 0.0323. The van der Waals surface area contributed by atoms with E-state index in [4.69, 9.17) is 0 Å². The van der Waals surface area contributed by atoms with E-state index in [1.165, 1.54) is 116 Å². The first-order valence-corrected chi connectivity index (χ1v) is 22.4. The summed E-state index contributed by atoms with van der Waals surface area (Å²) in [4.78, 5) is 0. The summed E-state index contributed by atoms with van der Waals surface area (Å²) in [5, 5.41) is 5.02. The Bertz CT molecular complexity index is 3730. The summed E-state index contributed by atoms with van der Waals surface area (Å²) in [6, 6.07) is 86.0. The SMILES string of the molecule is c1ccc(-c2cc(-c3ccccc3)cc(-c3ccc(-n4c5ccccc5c5ccc6c7ccccc7n(-c7ccccc7)c6c54)c4c3C3c5ccccc5C4c4ccccc43)c2)cc1. The minimum atomic E-state index is 0.0450. The zero-order chi connectivity index (χ0) is 41.9. The quantitative estimate of drug-likeness (QED) is 0.164. The number of para-hydroxylation sites is 3. The summed E-state index contributed by atoms with van der Waals surface area (Å²) in [7, 11) is 0. The molecule has 10 aromatic carbocycles. The van der Waals surface area contributed by atoms with Crippen LogP contribution >= 0.6 is 0 Å². The van der Waals surface area contributed by atoms with Gasteiger partial charge in [-0.15, -0.1) is 0 Å². The highest BCUT2D eigenvalue weighted by Crippen LogP contribution is 2.60. The number of benzene rings is 10. The van der Waals surface area contributed by atoms with Crippen LogP contribution < -0.4 is 0 Å². The highest BCUT2D eigenvalue weighted by Gasteiger charge is 2.44. The standard InChI is InChI=1S/C62H40N2/c1-4-18-39(19-5-1)41-36-42(40-20-6-2-7-21-40)38-43(37-41)45-34-35-56(60-58-50-28-12-10-26-48(50)57(59(45)60)49-27-11-13-29-51(49)58)64-55-31-17-15-25-47(55)53-33-32-52-46-24-14-16-30-54(46)63(61(52)62(53)64)44-22-8-3-9-23-44/h1-38,57-58H. The molecular formula is C62H40N2. The van der Waals surface area contributed by atoms with E-state index >= 15 is 0 Å². The van der Waals surface area contributed by atoms with E-state index in [1.54, 1.807) is 0 Å². The molecule has 0 unspecified atom stereocenters. The van der Waals surface area contributed by atoms with E-state index in [0.717, 1.165) is 5.69 Å². The highest BCUT2D eigenvalue weighted by molar-refractivity contribution is 6.24. The van der Waals surface area contributed by atoms with Crippen LogP contribution in [0, 0.1) is 0 Å².